The zero-order valence-electron chi connectivity index (χ0n) is 13.7. The van der Waals surface area contributed by atoms with E-state index < -0.39 is 56.8 Å². The number of hydrogen-bond acceptors (Lipinski definition) is 5. The first-order valence-corrected chi connectivity index (χ1v) is 8.95. The summed E-state index contributed by atoms with van der Waals surface area (Å²) in [5, 5.41) is 11.0. The van der Waals surface area contributed by atoms with Crippen LogP contribution in [0.15, 0.2) is 30.3 Å². The number of amides is 2. The normalized spacial score (nSPS) is 31.0. The highest BCUT2D eigenvalue weighted by molar-refractivity contribution is 7.87. The van der Waals surface area contributed by atoms with Crippen molar-refractivity contribution in [2.75, 3.05) is 0 Å². The predicted molar refractivity (Wildman–Crippen MR) is 89.6 cm³/mol. The molecule has 0 radical (unpaired) electrons. The zero-order valence-corrected chi connectivity index (χ0v) is 14.5. The molecule has 1 aromatic carbocycles. The van der Waals surface area contributed by atoms with Gasteiger partial charge < -0.3 is 21.1 Å². The molecule has 2 aliphatic heterocycles. The molecule has 9 heteroatoms. The first-order valence-electron chi connectivity index (χ1n) is 7.74. The van der Waals surface area contributed by atoms with E-state index >= 15 is 0 Å². The van der Waals surface area contributed by atoms with Crippen LogP contribution in [0, 0.1) is 0 Å². The van der Waals surface area contributed by atoms with Crippen LogP contribution in [-0.4, -0.2) is 54.2 Å². The summed E-state index contributed by atoms with van der Waals surface area (Å²) in [6.07, 6.45) is 0. The van der Waals surface area contributed by atoms with Crippen LogP contribution in [-0.2, 0) is 25.2 Å². The van der Waals surface area contributed by atoms with Crippen molar-refractivity contribution in [3.05, 3.63) is 35.9 Å². The number of nitrogens with one attached hydrogen (secondary N) is 1. The van der Waals surface area contributed by atoms with E-state index in [9.17, 15) is 23.7 Å². The van der Waals surface area contributed by atoms with Crippen molar-refractivity contribution in [3.8, 4) is 0 Å². The van der Waals surface area contributed by atoms with Gasteiger partial charge >= 0.3 is 5.97 Å². The molecule has 0 aromatic heterocycles. The van der Waals surface area contributed by atoms with Gasteiger partial charge in [0.15, 0.2) is 0 Å². The molecule has 5 atom stereocenters. The highest BCUT2D eigenvalue weighted by Crippen LogP contribution is 2.43. The van der Waals surface area contributed by atoms with E-state index in [0.29, 0.717) is 5.56 Å². The van der Waals surface area contributed by atoms with Crippen LogP contribution in [0.4, 0.5) is 0 Å². The van der Waals surface area contributed by atoms with Crippen LogP contribution in [0.3, 0.4) is 0 Å². The van der Waals surface area contributed by atoms with Crippen LogP contribution in [0.1, 0.15) is 25.5 Å². The summed E-state index contributed by atoms with van der Waals surface area (Å²) in [6.45, 7) is 3.09. The summed E-state index contributed by atoms with van der Waals surface area (Å²) in [5.41, 5.74) is 6.49. The van der Waals surface area contributed by atoms with E-state index in [-0.39, 0.29) is 0 Å². The third kappa shape index (κ3) is 2.54. The summed E-state index contributed by atoms with van der Waals surface area (Å²) in [7, 11) is -1.63. The number of nitrogens with zero attached hydrogens (tertiary/aromatic N) is 1. The van der Waals surface area contributed by atoms with E-state index in [1.165, 1.54) is 0 Å². The number of carboxylic acid groups (broad SMARTS) is 1. The zero-order chi connectivity index (χ0) is 18.5. The Balaban J connectivity index is 1.78. The Bertz CT molecular complexity index is 766. The molecular weight excluding hydrogens is 346 g/mol. The smallest absolute Gasteiger partial charge is 0.328 e. The first-order chi connectivity index (χ1) is 11.7. The van der Waals surface area contributed by atoms with Gasteiger partial charge in [0.25, 0.3) is 0 Å². The molecule has 4 N–H and O–H groups in total. The van der Waals surface area contributed by atoms with Crippen LogP contribution in [0.25, 0.3) is 0 Å². The average molecular weight is 365 g/mol. The molecule has 0 aliphatic carbocycles. The maximum absolute atomic E-state index is 12.7. The van der Waals surface area contributed by atoms with Crippen LogP contribution >= 0.6 is 0 Å². The lowest BCUT2D eigenvalue weighted by Crippen LogP contribution is -2.72. The van der Waals surface area contributed by atoms with Crippen LogP contribution in [0.2, 0.25) is 0 Å². The molecule has 0 saturated carbocycles. The minimum absolute atomic E-state index is 0.551. The van der Waals surface area contributed by atoms with Gasteiger partial charge in [-0.05, 0) is 19.4 Å². The first kappa shape index (κ1) is 17.6. The number of hydrogen-bond donors (Lipinski definition) is 3. The van der Waals surface area contributed by atoms with Gasteiger partial charge in [0, 0.05) is 0 Å². The van der Waals surface area contributed by atoms with Gasteiger partial charge in [0.1, 0.15) is 23.5 Å². The van der Waals surface area contributed by atoms with Gasteiger partial charge in [0.05, 0.1) is 15.5 Å². The lowest BCUT2D eigenvalue weighted by molar-refractivity contribution is -0.161. The molecule has 134 valence electrons. The Hall–Kier alpha value is -2.26. The van der Waals surface area contributed by atoms with Crippen molar-refractivity contribution in [1.82, 2.24) is 10.2 Å². The maximum Gasteiger partial charge on any atom is 0.328 e. The lowest BCUT2D eigenvalue weighted by Gasteiger charge is -2.43. The summed E-state index contributed by atoms with van der Waals surface area (Å²) in [4.78, 5) is 37.3. The molecule has 2 fully saturated rings. The Kier molecular flexibility index (Phi) is 4.16. The van der Waals surface area contributed by atoms with Crippen molar-refractivity contribution in [2.45, 2.75) is 42.1 Å². The molecule has 2 heterocycles. The second-order valence-electron chi connectivity index (χ2n) is 6.65. The van der Waals surface area contributed by atoms with E-state index in [1.807, 2.05) is 0 Å². The van der Waals surface area contributed by atoms with E-state index in [4.69, 9.17) is 5.73 Å². The number of β-lactam (4-membered cyclic amide) rings is 1. The number of benzene rings is 1. The fourth-order valence-corrected chi connectivity index (χ4v) is 5.27. The standard InChI is InChI=1S/C16H19N3O5S/c1-16(2)11(15(22)23)19-13(21)10(14(19)25(16)24)18-12(20)9(17)8-6-4-3-5-7-8/h3-7,9-11,14H,17H2,1-2H3,(H,18,20)(H,22,23)/t9-,10-,11-,14-,25+/m1/s1. The molecular formula is C16H19N3O5S. The number of fused-ring (bicyclic) bond motifs is 1. The predicted octanol–water partition coefficient (Wildman–Crippen LogP) is -0.666. The Labute approximate surface area is 146 Å². The molecule has 3 rings (SSSR count). The quantitative estimate of drug-likeness (QED) is 0.607. The van der Waals surface area contributed by atoms with Gasteiger partial charge in [-0.15, -0.1) is 0 Å². The largest absolute Gasteiger partial charge is 0.480 e. The number of carbonyl (C=O) groups is 3. The highest BCUT2D eigenvalue weighted by Gasteiger charge is 2.68. The van der Waals surface area contributed by atoms with Crippen molar-refractivity contribution in [2.24, 2.45) is 5.73 Å². The molecule has 0 spiro atoms. The van der Waals surface area contributed by atoms with Crippen molar-refractivity contribution in [1.29, 1.82) is 0 Å². The molecule has 1 aromatic rings. The van der Waals surface area contributed by atoms with E-state index in [0.717, 1.165) is 4.90 Å². The lowest BCUT2D eigenvalue weighted by atomic mass is 9.95. The Morgan fingerprint density at radius 1 is 1.32 bits per heavy atom. The molecule has 8 nitrogen and oxygen atoms in total. The number of rotatable bonds is 4. The van der Waals surface area contributed by atoms with Crippen molar-refractivity contribution < 1.29 is 23.7 Å². The Morgan fingerprint density at radius 2 is 1.92 bits per heavy atom. The number of aliphatic carboxylic acids is 1. The van der Waals surface area contributed by atoms with Gasteiger partial charge in [-0.1, -0.05) is 30.3 Å². The monoisotopic (exact) mass is 365 g/mol. The van der Waals surface area contributed by atoms with Crippen molar-refractivity contribution >= 4 is 28.6 Å². The summed E-state index contributed by atoms with van der Waals surface area (Å²) in [5.74, 6) is -2.33. The number of carbonyl (C=O) groups excluding carboxylic acids is 2. The Morgan fingerprint density at radius 3 is 2.48 bits per heavy atom. The fourth-order valence-electron chi connectivity index (χ4n) is 3.35. The molecule has 25 heavy (non-hydrogen) atoms. The topological polar surface area (TPSA) is 130 Å². The van der Waals surface area contributed by atoms with Gasteiger partial charge in [-0.25, -0.2) is 4.79 Å². The summed E-state index contributed by atoms with van der Waals surface area (Å²) >= 11 is 0. The maximum atomic E-state index is 12.7. The van der Waals surface area contributed by atoms with Crippen molar-refractivity contribution in [3.63, 3.8) is 0 Å². The fraction of sp³-hybridized carbons (Fsp3) is 0.438. The molecule has 0 bridgehead atoms. The third-order valence-electron chi connectivity index (χ3n) is 4.73. The second kappa shape index (κ2) is 5.92. The highest BCUT2D eigenvalue weighted by atomic mass is 32.2. The molecule has 2 aliphatic rings. The SMILES string of the molecule is CC1(C)[C@@H](C(=O)O)N2C(=O)[C@@H](NC(=O)[C@H](N)c3ccccc3)[C@H]2[S@@]1=O. The van der Waals surface area contributed by atoms with Gasteiger partial charge in [0.2, 0.25) is 11.8 Å². The molecule has 2 amide bonds. The van der Waals surface area contributed by atoms with E-state index in [1.54, 1.807) is 44.2 Å². The van der Waals surface area contributed by atoms with Crippen LogP contribution in [0.5, 0.6) is 0 Å². The summed E-state index contributed by atoms with van der Waals surface area (Å²) in [6, 6.07) is 5.48. The van der Waals surface area contributed by atoms with Gasteiger partial charge in [-0.2, -0.15) is 0 Å². The van der Waals surface area contributed by atoms with E-state index in [2.05, 4.69) is 5.32 Å². The molecule has 2 saturated heterocycles. The van der Waals surface area contributed by atoms with Crippen LogP contribution < -0.4 is 11.1 Å². The number of nitrogens with two attached hydrogens (primary N) is 1. The number of carboxylic acids is 1. The second-order valence-corrected chi connectivity index (χ2v) is 8.78. The average Bonchev–Trinajstić information content (AvgIpc) is 2.77. The minimum atomic E-state index is -1.63. The minimum Gasteiger partial charge on any atom is -0.480 e. The van der Waals surface area contributed by atoms with Gasteiger partial charge in [-0.3, -0.25) is 13.8 Å². The third-order valence-corrected chi connectivity index (χ3v) is 6.93. The molecule has 0 unspecified atom stereocenters. The summed E-state index contributed by atoms with van der Waals surface area (Å²) < 4.78 is 11.5.